The van der Waals surface area contributed by atoms with Crippen molar-refractivity contribution in [1.82, 2.24) is 10.2 Å². The molecule has 1 N–H and O–H groups in total. The summed E-state index contributed by atoms with van der Waals surface area (Å²) in [6.07, 6.45) is 0. The van der Waals surface area contributed by atoms with Crippen molar-refractivity contribution in [3.63, 3.8) is 0 Å². The maximum atomic E-state index is 12.2. The minimum Gasteiger partial charge on any atom is -0.337 e. The van der Waals surface area contributed by atoms with E-state index >= 15 is 0 Å². The second kappa shape index (κ2) is 5.44. The van der Waals surface area contributed by atoms with Gasteiger partial charge >= 0.3 is 5.00 Å². The van der Waals surface area contributed by atoms with E-state index < -0.39 is 4.92 Å². The van der Waals surface area contributed by atoms with Gasteiger partial charge in [0, 0.05) is 32.2 Å². The van der Waals surface area contributed by atoms with Gasteiger partial charge in [-0.3, -0.25) is 14.9 Å². The summed E-state index contributed by atoms with van der Waals surface area (Å²) in [5, 5.41) is 13.9. The van der Waals surface area contributed by atoms with Crippen LogP contribution in [0, 0.1) is 22.0 Å². The Labute approximate surface area is 120 Å². The molecule has 0 saturated carbocycles. The third kappa shape index (κ3) is 2.58. The zero-order valence-corrected chi connectivity index (χ0v) is 11.7. The van der Waals surface area contributed by atoms with E-state index in [1.807, 2.05) is 4.90 Å². The molecule has 3 heterocycles. The lowest BCUT2D eigenvalue weighted by Gasteiger charge is -2.16. The molecule has 1 aromatic heterocycles. The highest BCUT2D eigenvalue weighted by atomic mass is 35.5. The molecule has 6 nitrogen and oxygen atoms in total. The highest BCUT2D eigenvalue weighted by Crippen LogP contribution is 2.30. The van der Waals surface area contributed by atoms with Crippen molar-refractivity contribution in [2.45, 2.75) is 0 Å². The van der Waals surface area contributed by atoms with Crippen LogP contribution in [0.25, 0.3) is 0 Å². The number of halogens is 1. The van der Waals surface area contributed by atoms with Gasteiger partial charge in [0.15, 0.2) is 0 Å². The van der Waals surface area contributed by atoms with Crippen LogP contribution in [-0.2, 0) is 0 Å². The first-order valence-electron chi connectivity index (χ1n) is 5.89. The molecule has 8 heteroatoms. The van der Waals surface area contributed by atoms with Crippen LogP contribution in [0.1, 0.15) is 9.67 Å². The minimum absolute atomic E-state index is 0. The van der Waals surface area contributed by atoms with Crippen molar-refractivity contribution < 1.29 is 9.72 Å². The van der Waals surface area contributed by atoms with Crippen LogP contribution >= 0.6 is 23.7 Å². The van der Waals surface area contributed by atoms with Gasteiger partial charge in [-0.2, -0.15) is 0 Å². The van der Waals surface area contributed by atoms with E-state index in [1.54, 1.807) is 6.07 Å². The molecule has 1 amide bonds. The molecular weight excluding hydrogens is 290 g/mol. The molecule has 0 spiro atoms. The summed E-state index contributed by atoms with van der Waals surface area (Å²) in [4.78, 5) is 24.6. The first-order chi connectivity index (χ1) is 8.65. The SMILES string of the molecule is Cl.O=C(c1ccc([N+](=O)[O-])s1)N1C[C@H]2CNC[C@H]2C1. The number of hydrogen-bond acceptors (Lipinski definition) is 5. The second-order valence-electron chi connectivity index (χ2n) is 4.78. The Hall–Kier alpha value is -1.18. The van der Waals surface area contributed by atoms with E-state index in [0.29, 0.717) is 16.7 Å². The maximum absolute atomic E-state index is 12.2. The lowest BCUT2D eigenvalue weighted by atomic mass is 10.0. The molecule has 2 aliphatic heterocycles. The van der Waals surface area contributed by atoms with Crippen molar-refractivity contribution in [2.24, 2.45) is 11.8 Å². The molecule has 1 aromatic rings. The molecule has 0 radical (unpaired) electrons. The highest BCUT2D eigenvalue weighted by molar-refractivity contribution is 7.17. The van der Waals surface area contributed by atoms with Crippen LogP contribution in [0.4, 0.5) is 5.00 Å². The van der Waals surface area contributed by atoms with E-state index in [-0.39, 0.29) is 23.3 Å². The van der Waals surface area contributed by atoms with Crippen molar-refractivity contribution in [3.05, 3.63) is 27.1 Å². The average molecular weight is 304 g/mol. The third-order valence-corrected chi connectivity index (χ3v) is 4.68. The van der Waals surface area contributed by atoms with E-state index in [4.69, 9.17) is 0 Å². The Bertz CT molecular complexity index is 495. The summed E-state index contributed by atoms with van der Waals surface area (Å²) in [5.41, 5.74) is 0. The highest BCUT2D eigenvalue weighted by Gasteiger charge is 2.38. The van der Waals surface area contributed by atoms with Crippen LogP contribution in [0.3, 0.4) is 0 Å². The van der Waals surface area contributed by atoms with Crippen molar-refractivity contribution in [3.8, 4) is 0 Å². The molecule has 2 aliphatic rings. The minimum atomic E-state index is -0.454. The Morgan fingerprint density at radius 2 is 2.00 bits per heavy atom. The zero-order valence-electron chi connectivity index (χ0n) is 10.1. The number of carbonyl (C=O) groups excluding carboxylic acids is 1. The van der Waals surface area contributed by atoms with Gasteiger partial charge in [-0.1, -0.05) is 11.3 Å². The van der Waals surface area contributed by atoms with Crippen molar-refractivity contribution in [1.29, 1.82) is 0 Å². The Morgan fingerprint density at radius 1 is 1.37 bits per heavy atom. The van der Waals surface area contributed by atoms with Crippen LogP contribution < -0.4 is 5.32 Å². The normalized spacial score (nSPS) is 24.9. The standard InChI is InChI=1S/C11H13N3O3S.ClH/c15-11(9-1-2-10(18-9)14(16)17)13-5-7-3-12-4-8(7)6-13;/h1-2,7-8,12H,3-6H2;1H/t7-,8+;. The lowest BCUT2D eigenvalue weighted by Crippen LogP contribution is -2.31. The summed E-state index contributed by atoms with van der Waals surface area (Å²) < 4.78 is 0. The molecule has 2 saturated heterocycles. The fourth-order valence-corrected chi connectivity index (χ4v) is 3.51. The van der Waals surface area contributed by atoms with Crippen LogP contribution in [0.2, 0.25) is 0 Å². The zero-order chi connectivity index (χ0) is 12.7. The van der Waals surface area contributed by atoms with E-state index in [2.05, 4.69) is 5.32 Å². The molecule has 0 aliphatic carbocycles. The fraction of sp³-hybridized carbons (Fsp3) is 0.545. The second-order valence-corrected chi connectivity index (χ2v) is 5.85. The van der Waals surface area contributed by atoms with Crippen molar-refractivity contribution >= 4 is 34.7 Å². The van der Waals surface area contributed by atoms with Gasteiger partial charge in [0.05, 0.1) is 9.80 Å². The number of fused-ring (bicyclic) bond motifs is 1. The molecular formula is C11H14ClN3O3S. The monoisotopic (exact) mass is 303 g/mol. The van der Waals surface area contributed by atoms with E-state index in [9.17, 15) is 14.9 Å². The Balaban J connectivity index is 0.00000133. The largest absolute Gasteiger partial charge is 0.337 e. The molecule has 0 unspecified atom stereocenters. The summed E-state index contributed by atoms with van der Waals surface area (Å²) in [5.74, 6) is 1.02. The lowest BCUT2D eigenvalue weighted by molar-refractivity contribution is -0.380. The van der Waals surface area contributed by atoms with E-state index in [1.165, 1.54) is 6.07 Å². The summed E-state index contributed by atoms with van der Waals surface area (Å²) in [7, 11) is 0. The van der Waals surface area contributed by atoms with Gasteiger partial charge in [0.2, 0.25) is 0 Å². The number of hydrogen-bond donors (Lipinski definition) is 1. The Morgan fingerprint density at radius 3 is 2.53 bits per heavy atom. The van der Waals surface area contributed by atoms with Crippen LogP contribution in [0.15, 0.2) is 12.1 Å². The number of carbonyl (C=O) groups is 1. The van der Waals surface area contributed by atoms with Crippen LogP contribution in [-0.4, -0.2) is 41.9 Å². The predicted octanol–water partition coefficient (Wildman–Crippen LogP) is 1.37. The van der Waals surface area contributed by atoms with Gasteiger partial charge in [-0.05, 0) is 17.9 Å². The van der Waals surface area contributed by atoms with Gasteiger partial charge in [-0.15, -0.1) is 12.4 Å². The summed E-state index contributed by atoms with van der Waals surface area (Å²) >= 11 is 0.958. The number of nitrogens with one attached hydrogen (secondary N) is 1. The topological polar surface area (TPSA) is 75.5 Å². The summed E-state index contributed by atoms with van der Waals surface area (Å²) in [6, 6.07) is 2.95. The molecule has 3 rings (SSSR count). The number of likely N-dealkylation sites (tertiary alicyclic amines) is 1. The van der Waals surface area contributed by atoms with Gasteiger partial charge in [0.1, 0.15) is 0 Å². The molecule has 2 fully saturated rings. The number of rotatable bonds is 2. The van der Waals surface area contributed by atoms with Crippen molar-refractivity contribution in [2.75, 3.05) is 26.2 Å². The molecule has 19 heavy (non-hydrogen) atoms. The quantitative estimate of drug-likeness (QED) is 0.661. The average Bonchev–Trinajstić information content (AvgIpc) is 3.02. The predicted molar refractivity (Wildman–Crippen MR) is 74.0 cm³/mol. The summed E-state index contributed by atoms with van der Waals surface area (Å²) in [6.45, 7) is 3.47. The van der Waals surface area contributed by atoms with Crippen LogP contribution in [0.5, 0.6) is 0 Å². The van der Waals surface area contributed by atoms with Gasteiger partial charge < -0.3 is 10.2 Å². The number of thiophene rings is 1. The number of amides is 1. The first kappa shape index (κ1) is 14.2. The van der Waals surface area contributed by atoms with Gasteiger partial charge in [-0.25, -0.2) is 0 Å². The number of nitro groups is 1. The molecule has 0 bridgehead atoms. The molecule has 104 valence electrons. The molecule has 2 atom stereocenters. The Kier molecular flexibility index (Phi) is 4.07. The molecule has 0 aromatic carbocycles. The third-order valence-electron chi connectivity index (χ3n) is 3.66. The maximum Gasteiger partial charge on any atom is 0.324 e. The smallest absolute Gasteiger partial charge is 0.324 e. The fourth-order valence-electron chi connectivity index (χ4n) is 2.72. The first-order valence-corrected chi connectivity index (χ1v) is 6.71. The van der Waals surface area contributed by atoms with E-state index in [0.717, 1.165) is 37.5 Å². The van der Waals surface area contributed by atoms with Gasteiger partial charge in [0.25, 0.3) is 5.91 Å². The number of nitrogens with zero attached hydrogens (tertiary/aromatic N) is 2.